The van der Waals surface area contributed by atoms with Crippen molar-refractivity contribution < 1.29 is 5.11 Å². The van der Waals surface area contributed by atoms with Gasteiger partial charge in [0.2, 0.25) is 0 Å². The minimum absolute atomic E-state index is 0.0149. The summed E-state index contributed by atoms with van der Waals surface area (Å²) in [5.41, 5.74) is 0.152. The van der Waals surface area contributed by atoms with Crippen molar-refractivity contribution in [1.29, 1.82) is 0 Å². The van der Waals surface area contributed by atoms with E-state index in [2.05, 4.69) is 32.6 Å². The quantitative estimate of drug-likeness (QED) is 0.624. The van der Waals surface area contributed by atoms with Gasteiger partial charge < -0.3 is 0 Å². The maximum absolute atomic E-state index is 10.5. The van der Waals surface area contributed by atoms with E-state index < -0.39 is 0 Å². The molecule has 0 aromatic carbocycles. The van der Waals surface area contributed by atoms with Gasteiger partial charge in [-0.15, -0.1) is 0 Å². The molecule has 73 valence electrons. The lowest BCUT2D eigenvalue weighted by molar-refractivity contribution is 0.0802. The predicted octanol–water partition coefficient (Wildman–Crippen LogP) is 2.32. The lowest BCUT2D eigenvalue weighted by Crippen LogP contribution is -2.43. The van der Waals surface area contributed by atoms with E-state index in [1.807, 2.05) is 0 Å². The van der Waals surface area contributed by atoms with E-state index in [0.717, 1.165) is 6.54 Å². The molecule has 0 amide bonds. The molecule has 0 aliphatic carbocycles. The highest BCUT2D eigenvalue weighted by Crippen LogP contribution is 2.13. The first-order valence-electron chi connectivity index (χ1n) is 4.85. The molecule has 0 N–H and O–H groups in total. The van der Waals surface area contributed by atoms with Gasteiger partial charge in [0, 0.05) is 12.1 Å². The van der Waals surface area contributed by atoms with Crippen LogP contribution in [0.25, 0.3) is 0 Å². The molecule has 2 heteroatoms. The van der Waals surface area contributed by atoms with Crippen LogP contribution in [0.5, 0.6) is 0 Å². The molecule has 0 spiro atoms. The highest BCUT2D eigenvalue weighted by molar-refractivity contribution is 4.75. The molecule has 0 aromatic rings. The van der Waals surface area contributed by atoms with Gasteiger partial charge >= 0.3 is 0 Å². The second kappa shape index (κ2) is 5.55. The Morgan fingerprint density at radius 3 is 2.08 bits per heavy atom. The third-order valence-corrected chi connectivity index (χ3v) is 2.09. The first kappa shape index (κ1) is 11.9. The molecule has 12 heavy (non-hydrogen) atoms. The second-order valence-corrected chi connectivity index (χ2v) is 4.22. The van der Waals surface area contributed by atoms with Crippen LogP contribution in [0.2, 0.25) is 0 Å². The summed E-state index contributed by atoms with van der Waals surface area (Å²) in [6, 6.07) is 0. The van der Waals surface area contributed by atoms with Crippen LogP contribution in [0.1, 0.15) is 40.5 Å². The lowest BCUT2D eigenvalue weighted by Gasteiger charge is -2.34. The van der Waals surface area contributed by atoms with Crippen LogP contribution in [0.3, 0.4) is 0 Å². The van der Waals surface area contributed by atoms with Crippen LogP contribution >= 0.6 is 0 Å². The lowest BCUT2D eigenvalue weighted by atomic mass is 10.1. The summed E-state index contributed by atoms with van der Waals surface area (Å²) in [5, 5.41) is 10.5. The van der Waals surface area contributed by atoms with Crippen LogP contribution in [-0.2, 0) is 5.11 Å². The van der Waals surface area contributed by atoms with Gasteiger partial charge in [0.05, 0.1) is 6.61 Å². The van der Waals surface area contributed by atoms with E-state index >= 15 is 0 Å². The highest BCUT2D eigenvalue weighted by atomic mass is 16.3. The van der Waals surface area contributed by atoms with Gasteiger partial charge in [-0.3, -0.25) is 4.90 Å². The molecule has 0 atom stereocenters. The molecule has 0 heterocycles. The Labute approximate surface area is 76.6 Å². The van der Waals surface area contributed by atoms with Crippen LogP contribution < -0.4 is 0 Å². The van der Waals surface area contributed by atoms with Crippen molar-refractivity contribution in [2.45, 2.75) is 46.1 Å². The van der Waals surface area contributed by atoms with Gasteiger partial charge in [-0.25, -0.2) is 5.11 Å². The molecule has 0 saturated carbocycles. The van der Waals surface area contributed by atoms with Gasteiger partial charge in [0.25, 0.3) is 0 Å². The molecular formula is C10H22NO. The van der Waals surface area contributed by atoms with Crippen molar-refractivity contribution >= 4 is 0 Å². The third-order valence-electron chi connectivity index (χ3n) is 2.09. The summed E-state index contributed by atoms with van der Waals surface area (Å²) < 4.78 is 0. The molecule has 0 aliphatic heterocycles. The summed E-state index contributed by atoms with van der Waals surface area (Å²) in [7, 11) is 0. The summed E-state index contributed by atoms with van der Waals surface area (Å²) in [5.74, 6) is 0. The normalized spacial score (nSPS) is 12.5. The molecule has 0 aliphatic rings. The van der Waals surface area contributed by atoms with Crippen molar-refractivity contribution in [3.8, 4) is 0 Å². The Morgan fingerprint density at radius 2 is 1.75 bits per heavy atom. The molecule has 0 fully saturated rings. The Hall–Kier alpha value is -0.0800. The average molecular weight is 172 g/mol. The van der Waals surface area contributed by atoms with Crippen molar-refractivity contribution in [3.63, 3.8) is 0 Å². The third kappa shape index (κ3) is 4.73. The van der Waals surface area contributed by atoms with Crippen molar-refractivity contribution in [3.05, 3.63) is 0 Å². The Morgan fingerprint density at radius 1 is 1.17 bits per heavy atom. The standard InChI is InChI=1S/C10H22NO/c1-5-6-7-11(8-9-12)10(2,3)4/h5-9H2,1-4H3. The predicted molar refractivity (Wildman–Crippen MR) is 51.8 cm³/mol. The monoisotopic (exact) mass is 172 g/mol. The maximum atomic E-state index is 10.5. The van der Waals surface area contributed by atoms with E-state index in [-0.39, 0.29) is 12.1 Å². The van der Waals surface area contributed by atoms with Gasteiger partial charge in [-0.1, -0.05) is 13.3 Å². The van der Waals surface area contributed by atoms with E-state index in [0.29, 0.717) is 6.54 Å². The molecule has 1 radical (unpaired) electrons. The zero-order valence-electron chi connectivity index (χ0n) is 8.89. The van der Waals surface area contributed by atoms with Crippen molar-refractivity contribution in [2.24, 2.45) is 0 Å². The summed E-state index contributed by atoms with van der Waals surface area (Å²) in [4.78, 5) is 2.27. The fraction of sp³-hybridized carbons (Fsp3) is 1.00. The largest absolute Gasteiger partial charge is 0.296 e. The van der Waals surface area contributed by atoms with E-state index in [1.54, 1.807) is 0 Å². The summed E-state index contributed by atoms with van der Waals surface area (Å²) >= 11 is 0. The molecule has 0 aromatic heterocycles. The number of rotatable bonds is 5. The minimum atomic E-state index is 0.0149. The van der Waals surface area contributed by atoms with Gasteiger partial charge in [0.15, 0.2) is 0 Å². The first-order chi connectivity index (χ1) is 5.52. The Bertz CT molecular complexity index is 107. The van der Waals surface area contributed by atoms with Gasteiger partial charge in [-0.2, -0.15) is 0 Å². The van der Waals surface area contributed by atoms with Crippen LogP contribution in [-0.4, -0.2) is 30.1 Å². The molecule has 2 nitrogen and oxygen atoms in total. The fourth-order valence-corrected chi connectivity index (χ4v) is 1.24. The topological polar surface area (TPSA) is 23.1 Å². The number of nitrogens with zero attached hydrogens (tertiary/aromatic N) is 1. The molecular weight excluding hydrogens is 150 g/mol. The fourth-order valence-electron chi connectivity index (χ4n) is 1.24. The summed E-state index contributed by atoms with van der Waals surface area (Å²) in [6.45, 7) is 10.4. The number of hydrogen-bond acceptors (Lipinski definition) is 1. The zero-order valence-corrected chi connectivity index (χ0v) is 8.89. The van der Waals surface area contributed by atoms with E-state index in [1.165, 1.54) is 12.8 Å². The van der Waals surface area contributed by atoms with Crippen LogP contribution in [0.15, 0.2) is 0 Å². The Kier molecular flexibility index (Phi) is 5.51. The minimum Gasteiger partial charge on any atom is -0.296 e. The molecule has 0 saturated heterocycles. The van der Waals surface area contributed by atoms with Crippen LogP contribution in [0.4, 0.5) is 0 Å². The van der Waals surface area contributed by atoms with Gasteiger partial charge in [0.1, 0.15) is 0 Å². The smallest absolute Gasteiger partial charge is 0.0949 e. The Balaban J connectivity index is 3.86. The molecule has 0 rings (SSSR count). The van der Waals surface area contributed by atoms with Crippen molar-refractivity contribution in [2.75, 3.05) is 19.7 Å². The van der Waals surface area contributed by atoms with Crippen LogP contribution in [0, 0.1) is 0 Å². The second-order valence-electron chi connectivity index (χ2n) is 4.22. The average Bonchev–Trinajstić information content (AvgIpc) is 1.95. The SMILES string of the molecule is CCCCN(CC[O])C(C)(C)C. The summed E-state index contributed by atoms with van der Waals surface area (Å²) in [6.07, 6.45) is 2.39. The van der Waals surface area contributed by atoms with Crippen molar-refractivity contribution in [1.82, 2.24) is 4.90 Å². The first-order valence-corrected chi connectivity index (χ1v) is 4.85. The molecule has 0 bridgehead atoms. The number of hydrogen-bond donors (Lipinski definition) is 0. The van der Waals surface area contributed by atoms with Gasteiger partial charge in [-0.05, 0) is 33.7 Å². The number of unbranched alkanes of at least 4 members (excludes halogenated alkanes) is 1. The maximum Gasteiger partial charge on any atom is 0.0949 e. The van der Waals surface area contributed by atoms with E-state index in [4.69, 9.17) is 0 Å². The zero-order chi connectivity index (χ0) is 9.61. The van der Waals surface area contributed by atoms with E-state index in [9.17, 15) is 5.11 Å². The highest BCUT2D eigenvalue weighted by Gasteiger charge is 2.19. The molecule has 0 unspecified atom stereocenters.